The zero-order valence-electron chi connectivity index (χ0n) is 10.5. The summed E-state index contributed by atoms with van der Waals surface area (Å²) in [4.78, 5) is 13.6. The number of hydrogen-bond acceptors (Lipinski definition) is 3. The van der Waals surface area contributed by atoms with Gasteiger partial charge < -0.3 is 15.0 Å². The highest BCUT2D eigenvalue weighted by atomic mass is 16.5. The van der Waals surface area contributed by atoms with Crippen LogP contribution in [-0.2, 0) is 9.53 Å². The van der Waals surface area contributed by atoms with Crippen LogP contribution in [0.25, 0.3) is 0 Å². The van der Waals surface area contributed by atoms with Gasteiger partial charge >= 0.3 is 0 Å². The maximum Gasteiger partial charge on any atom is 0.248 e. The first-order valence-electron chi connectivity index (χ1n) is 5.89. The van der Waals surface area contributed by atoms with Gasteiger partial charge in [0.1, 0.15) is 0 Å². The van der Waals surface area contributed by atoms with Gasteiger partial charge in [-0.2, -0.15) is 0 Å². The summed E-state index contributed by atoms with van der Waals surface area (Å²) >= 11 is 0. The van der Waals surface area contributed by atoms with Gasteiger partial charge in [0.2, 0.25) is 5.91 Å². The molecule has 0 bridgehead atoms. The molecular formula is C12H22N2O2. The zero-order chi connectivity index (χ0) is 12.0. The van der Waals surface area contributed by atoms with Crippen molar-refractivity contribution >= 4 is 5.91 Å². The standard InChI is InChI=1S/C12H22N2O2/c1-4-5-10(2)12(15)14(3)9-11-8-13-6-7-16-11/h5,11,13H,4,6-9H2,1-3H3/b10-5-. The van der Waals surface area contributed by atoms with Crippen molar-refractivity contribution in [1.29, 1.82) is 0 Å². The van der Waals surface area contributed by atoms with Crippen molar-refractivity contribution in [1.82, 2.24) is 10.2 Å². The van der Waals surface area contributed by atoms with Crippen LogP contribution in [0.2, 0.25) is 0 Å². The summed E-state index contributed by atoms with van der Waals surface area (Å²) < 4.78 is 5.56. The maximum absolute atomic E-state index is 11.9. The Morgan fingerprint density at radius 1 is 1.62 bits per heavy atom. The predicted molar refractivity (Wildman–Crippen MR) is 64.3 cm³/mol. The highest BCUT2D eigenvalue weighted by Crippen LogP contribution is 2.04. The second-order valence-electron chi connectivity index (χ2n) is 4.18. The van der Waals surface area contributed by atoms with E-state index in [2.05, 4.69) is 5.32 Å². The lowest BCUT2D eigenvalue weighted by Gasteiger charge is -2.28. The molecule has 16 heavy (non-hydrogen) atoms. The maximum atomic E-state index is 11.9. The third kappa shape index (κ3) is 3.94. The number of likely N-dealkylation sites (N-methyl/N-ethyl adjacent to an activating group) is 1. The monoisotopic (exact) mass is 226 g/mol. The van der Waals surface area contributed by atoms with E-state index in [1.165, 1.54) is 0 Å². The first-order valence-corrected chi connectivity index (χ1v) is 5.89. The molecule has 1 N–H and O–H groups in total. The Hall–Kier alpha value is -0.870. The topological polar surface area (TPSA) is 41.6 Å². The first-order chi connectivity index (χ1) is 7.65. The molecule has 0 saturated carbocycles. The van der Waals surface area contributed by atoms with E-state index in [0.29, 0.717) is 6.54 Å². The molecule has 1 rings (SSSR count). The summed E-state index contributed by atoms with van der Waals surface area (Å²) in [5.41, 5.74) is 0.814. The molecule has 1 fully saturated rings. The fourth-order valence-electron chi connectivity index (χ4n) is 1.82. The van der Waals surface area contributed by atoms with Gasteiger partial charge in [-0.25, -0.2) is 0 Å². The largest absolute Gasteiger partial charge is 0.374 e. The van der Waals surface area contributed by atoms with Crippen molar-refractivity contribution < 1.29 is 9.53 Å². The minimum atomic E-state index is 0.0935. The molecule has 0 spiro atoms. The molecular weight excluding hydrogens is 204 g/mol. The predicted octanol–water partition coefficient (Wildman–Crippen LogP) is 0.790. The van der Waals surface area contributed by atoms with Crippen LogP contribution in [0.4, 0.5) is 0 Å². The summed E-state index contributed by atoms with van der Waals surface area (Å²) in [6.45, 7) is 7.02. The number of amides is 1. The van der Waals surface area contributed by atoms with Crippen molar-refractivity contribution in [3.05, 3.63) is 11.6 Å². The Balaban J connectivity index is 2.41. The van der Waals surface area contributed by atoms with E-state index in [-0.39, 0.29) is 12.0 Å². The van der Waals surface area contributed by atoms with Crippen LogP contribution in [-0.4, -0.2) is 50.2 Å². The third-order valence-corrected chi connectivity index (χ3v) is 2.68. The Morgan fingerprint density at radius 2 is 2.38 bits per heavy atom. The number of nitrogens with zero attached hydrogens (tertiary/aromatic N) is 1. The van der Waals surface area contributed by atoms with Crippen molar-refractivity contribution in [2.75, 3.05) is 33.3 Å². The zero-order valence-corrected chi connectivity index (χ0v) is 10.5. The van der Waals surface area contributed by atoms with Crippen molar-refractivity contribution in [2.45, 2.75) is 26.4 Å². The van der Waals surface area contributed by atoms with E-state index >= 15 is 0 Å². The minimum absolute atomic E-state index is 0.0935. The fourth-order valence-corrected chi connectivity index (χ4v) is 1.82. The lowest BCUT2D eigenvalue weighted by molar-refractivity contribution is -0.128. The molecule has 92 valence electrons. The average Bonchev–Trinajstić information content (AvgIpc) is 2.29. The summed E-state index contributed by atoms with van der Waals surface area (Å²) in [6, 6.07) is 0. The average molecular weight is 226 g/mol. The van der Waals surface area contributed by atoms with E-state index in [0.717, 1.165) is 31.7 Å². The summed E-state index contributed by atoms with van der Waals surface area (Å²) in [7, 11) is 1.83. The molecule has 0 aliphatic carbocycles. The van der Waals surface area contributed by atoms with E-state index < -0.39 is 0 Å². The Bertz CT molecular complexity index is 258. The van der Waals surface area contributed by atoms with Gasteiger partial charge in [-0.3, -0.25) is 4.79 Å². The van der Waals surface area contributed by atoms with Gasteiger partial charge in [-0.15, -0.1) is 0 Å². The van der Waals surface area contributed by atoms with Crippen molar-refractivity contribution in [2.24, 2.45) is 0 Å². The molecule has 0 radical (unpaired) electrons. The fraction of sp³-hybridized carbons (Fsp3) is 0.750. The van der Waals surface area contributed by atoms with Crippen LogP contribution in [0.1, 0.15) is 20.3 Å². The van der Waals surface area contributed by atoms with E-state index in [1.807, 2.05) is 27.0 Å². The molecule has 0 aromatic carbocycles. The van der Waals surface area contributed by atoms with E-state index in [9.17, 15) is 4.79 Å². The second kappa shape index (κ2) is 6.66. The van der Waals surface area contributed by atoms with Crippen LogP contribution in [0.5, 0.6) is 0 Å². The number of hydrogen-bond donors (Lipinski definition) is 1. The summed E-state index contributed by atoms with van der Waals surface area (Å²) in [5, 5.41) is 3.26. The lowest BCUT2D eigenvalue weighted by Crippen LogP contribution is -2.45. The number of nitrogens with one attached hydrogen (secondary N) is 1. The van der Waals surface area contributed by atoms with Crippen LogP contribution < -0.4 is 5.32 Å². The molecule has 0 aromatic rings. The molecule has 1 saturated heterocycles. The Morgan fingerprint density at radius 3 is 2.94 bits per heavy atom. The van der Waals surface area contributed by atoms with Gasteiger partial charge in [-0.05, 0) is 13.3 Å². The van der Waals surface area contributed by atoms with Gasteiger partial charge in [0.15, 0.2) is 0 Å². The van der Waals surface area contributed by atoms with E-state index in [4.69, 9.17) is 4.74 Å². The first kappa shape index (κ1) is 13.2. The lowest BCUT2D eigenvalue weighted by atomic mass is 10.2. The molecule has 1 amide bonds. The van der Waals surface area contributed by atoms with Gasteiger partial charge in [-0.1, -0.05) is 13.0 Å². The SMILES string of the molecule is CC/C=C(/C)C(=O)N(C)CC1CNCCO1. The van der Waals surface area contributed by atoms with E-state index in [1.54, 1.807) is 4.90 Å². The molecule has 1 aliphatic rings. The summed E-state index contributed by atoms with van der Waals surface area (Å²) in [6.07, 6.45) is 2.98. The van der Waals surface area contributed by atoms with Crippen LogP contribution in [0.15, 0.2) is 11.6 Å². The van der Waals surface area contributed by atoms with Crippen LogP contribution >= 0.6 is 0 Å². The second-order valence-corrected chi connectivity index (χ2v) is 4.18. The highest BCUT2D eigenvalue weighted by molar-refractivity contribution is 5.92. The van der Waals surface area contributed by atoms with Gasteiger partial charge in [0.25, 0.3) is 0 Å². The molecule has 1 atom stereocenters. The number of rotatable bonds is 4. The number of carbonyl (C=O) groups excluding carboxylic acids is 1. The summed E-state index contributed by atoms with van der Waals surface area (Å²) in [5.74, 6) is 0.0935. The molecule has 1 aliphatic heterocycles. The Labute approximate surface area is 97.6 Å². The number of ether oxygens (including phenoxy) is 1. The number of carbonyl (C=O) groups is 1. The smallest absolute Gasteiger partial charge is 0.248 e. The highest BCUT2D eigenvalue weighted by Gasteiger charge is 2.18. The molecule has 4 nitrogen and oxygen atoms in total. The quantitative estimate of drug-likeness (QED) is 0.721. The Kier molecular flexibility index (Phi) is 5.49. The molecule has 1 heterocycles. The molecule has 4 heteroatoms. The number of allylic oxidation sites excluding steroid dienone is 1. The van der Waals surface area contributed by atoms with Crippen molar-refractivity contribution in [3.63, 3.8) is 0 Å². The minimum Gasteiger partial charge on any atom is -0.374 e. The molecule has 0 aromatic heterocycles. The molecule has 1 unspecified atom stereocenters. The van der Waals surface area contributed by atoms with Gasteiger partial charge in [0.05, 0.1) is 12.7 Å². The normalized spacial score (nSPS) is 21.9. The third-order valence-electron chi connectivity index (χ3n) is 2.68. The van der Waals surface area contributed by atoms with Crippen molar-refractivity contribution in [3.8, 4) is 0 Å². The van der Waals surface area contributed by atoms with Gasteiger partial charge in [0, 0.05) is 32.3 Å². The van der Waals surface area contributed by atoms with Crippen LogP contribution in [0.3, 0.4) is 0 Å². The number of morpholine rings is 1. The van der Waals surface area contributed by atoms with Crippen LogP contribution in [0, 0.1) is 0 Å².